The first-order valence-electron chi connectivity index (χ1n) is 9.06. The molecule has 28 heavy (non-hydrogen) atoms. The third kappa shape index (κ3) is 5.09. The van der Waals surface area contributed by atoms with Crippen LogP contribution in [0.4, 0.5) is 4.39 Å². The molecule has 6 nitrogen and oxygen atoms in total. The molecule has 3 N–H and O–H groups in total. The van der Waals surface area contributed by atoms with Gasteiger partial charge in [0, 0.05) is 12.1 Å². The number of nitrogens with one attached hydrogen (secondary N) is 2. The summed E-state index contributed by atoms with van der Waals surface area (Å²) in [4.78, 5) is 8.92. The zero-order valence-electron chi connectivity index (χ0n) is 15.9. The van der Waals surface area contributed by atoms with Gasteiger partial charge in [0.05, 0.1) is 18.8 Å². The lowest BCUT2D eigenvalue weighted by molar-refractivity contribution is 0.432. The van der Waals surface area contributed by atoms with Crippen LogP contribution >= 0.6 is 0 Å². The predicted octanol–water partition coefficient (Wildman–Crippen LogP) is 3.75. The Morgan fingerprint density at radius 1 is 1.18 bits per heavy atom. The van der Waals surface area contributed by atoms with Gasteiger partial charge in [-0.05, 0) is 43.7 Å². The van der Waals surface area contributed by atoms with E-state index in [1.54, 1.807) is 12.3 Å². The second-order valence-electron chi connectivity index (χ2n) is 6.34. The normalized spacial score (nSPS) is 11.5. The molecule has 0 spiro atoms. The molecule has 146 valence electrons. The Labute approximate surface area is 163 Å². The van der Waals surface area contributed by atoms with Gasteiger partial charge in [0.2, 0.25) is 5.89 Å². The minimum absolute atomic E-state index is 0.278. The maximum absolute atomic E-state index is 13.4. The van der Waals surface area contributed by atoms with Crippen LogP contribution in [0, 0.1) is 12.7 Å². The summed E-state index contributed by atoms with van der Waals surface area (Å²) in [7, 11) is 0. The Morgan fingerprint density at radius 2 is 1.96 bits per heavy atom. The molecule has 3 rings (SSSR count). The maximum atomic E-state index is 13.4. The van der Waals surface area contributed by atoms with Gasteiger partial charge in [0.1, 0.15) is 6.26 Å². The summed E-state index contributed by atoms with van der Waals surface area (Å²) in [6.07, 6.45) is 1.61. The minimum atomic E-state index is -0.656. The van der Waals surface area contributed by atoms with E-state index in [1.807, 2.05) is 38.1 Å². The molecule has 0 aliphatic heterocycles. The van der Waals surface area contributed by atoms with Crippen molar-refractivity contribution in [2.24, 2.45) is 4.99 Å². The fourth-order valence-electron chi connectivity index (χ4n) is 2.55. The highest BCUT2D eigenvalue weighted by atomic mass is 19.1. The fourth-order valence-corrected chi connectivity index (χ4v) is 2.55. The van der Waals surface area contributed by atoms with Crippen molar-refractivity contribution in [3.8, 4) is 17.2 Å². The summed E-state index contributed by atoms with van der Waals surface area (Å²) < 4.78 is 19.0. The number of phenolic OH excluding ortho intramolecular Hbond substituents is 1. The van der Waals surface area contributed by atoms with Crippen LogP contribution in [0.5, 0.6) is 5.75 Å². The van der Waals surface area contributed by atoms with Gasteiger partial charge in [-0.2, -0.15) is 0 Å². The standard InChI is InChI=1S/C21H23FN4O2/c1-3-23-21(24-11-15-6-9-19(27)18(22)10-15)25-12-17-13-28-20(26-17)16-7-4-14(2)5-8-16/h4-10,13,27H,3,11-12H2,1-2H3,(H2,23,24,25). The van der Waals surface area contributed by atoms with Crippen LogP contribution in [0.2, 0.25) is 0 Å². The molecule has 0 saturated carbocycles. The SMILES string of the molecule is CCNC(=NCc1ccc(O)c(F)c1)NCc1coc(-c2ccc(C)cc2)n1. The number of aliphatic imine (C=N–C) groups is 1. The number of benzene rings is 2. The maximum Gasteiger partial charge on any atom is 0.226 e. The predicted molar refractivity (Wildman–Crippen MR) is 106 cm³/mol. The molecular formula is C21H23FN4O2. The summed E-state index contributed by atoms with van der Waals surface area (Å²) in [5.41, 5.74) is 3.51. The van der Waals surface area contributed by atoms with Gasteiger partial charge in [-0.25, -0.2) is 14.4 Å². The second-order valence-corrected chi connectivity index (χ2v) is 6.34. The first kappa shape index (κ1) is 19.4. The number of aromatic nitrogens is 1. The Morgan fingerprint density at radius 3 is 2.68 bits per heavy atom. The van der Waals surface area contributed by atoms with Crippen molar-refractivity contribution in [2.45, 2.75) is 26.9 Å². The van der Waals surface area contributed by atoms with Crippen LogP contribution in [-0.2, 0) is 13.1 Å². The Bertz CT molecular complexity index is 951. The number of phenols is 1. The number of oxazole rings is 1. The molecular weight excluding hydrogens is 359 g/mol. The molecule has 3 aromatic rings. The van der Waals surface area contributed by atoms with Crippen LogP contribution in [0.25, 0.3) is 11.5 Å². The lowest BCUT2D eigenvalue weighted by Crippen LogP contribution is -2.36. The van der Waals surface area contributed by atoms with Crippen LogP contribution in [0.1, 0.15) is 23.7 Å². The highest BCUT2D eigenvalue weighted by Crippen LogP contribution is 2.19. The fraction of sp³-hybridized carbons (Fsp3) is 0.238. The quantitative estimate of drug-likeness (QED) is 0.447. The van der Waals surface area contributed by atoms with Gasteiger partial charge in [0.15, 0.2) is 17.5 Å². The van der Waals surface area contributed by atoms with Crippen LogP contribution in [-0.4, -0.2) is 22.6 Å². The van der Waals surface area contributed by atoms with E-state index in [-0.39, 0.29) is 12.3 Å². The number of rotatable bonds is 6. The number of guanidine groups is 1. The monoisotopic (exact) mass is 382 g/mol. The number of nitrogens with zero attached hydrogens (tertiary/aromatic N) is 2. The van der Waals surface area contributed by atoms with E-state index < -0.39 is 5.82 Å². The number of hydrogen-bond acceptors (Lipinski definition) is 4. The van der Waals surface area contributed by atoms with Crippen molar-refractivity contribution < 1.29 is 13.9 Å². The molecule has 0 bridgehead atoms. The van der Waals surface area contributed by atoms with E-state index in [2.05, 4.69) is 20.6 Å². The largest absolute Gasteiger partial charge is 0.505 e. The molecule has 0 aliphatic rings. The number of hydrogen-bond donors (Lipinski definition) is 3. The molecule has 0 saturated heterocycles. The summed E-state index contributed by atoms with van der Waals surface area (Å²) >= 11 is 0. The van der Waals surface area contributed by atoms with Crippen molar-refractivity contribution in [3.63, 3.8) is 0 Å². The molecule has 1 aromatic heterocycles. The second kappa shape index (κ2) is 9.03. The molecule has 2 aromatic carbocycles. The van der Waals surface area contributed by atoms with Crippen LogP contribution in [0.15, 0.2) is 58.1 Å². The van der Waals surface area contributed by atoms with Gasteiger partial charge in [0.25, 0.3) is 0 Å². The molecule has 0 unspecified atom stereocenters. The Balaban J connectivity index is 1.63. The Kier molecular flexibility index (Phi) is 6.26. The summed E-state index contributed by atoms with van der Waals surface area (Å²) in [5.74, 6) is 0.124. The first-order chi connectivity index (χ1) is 13.5. The van der Waals surface area contributed by atoms with Gasteiger partial charge in [-0.15, -0.1) is 0 Å². The zero-order valence-corrected chi connectivity index (χ0v) is 15.9. The summed E-state index contributed by atoms with van der Waals surface area (Å²) in [6.45, 7) is 5.39. The summed E-state index contributed by atoms with van der Waals surface area (Å²) in [6, 6.07) is 12.2. The number of aromatic hydroxyl groups is 1. The van der Waals surface area contributed by atoms with Gasteiger partial charge in [-0.1, -0.05) is 23.8 Å². The van der Waals surface area contributed by atoms with E-state index >= 15 is 0 Å². The number of halogens is 1. The lowest BCUT2D eigenvalue weighted by Gasteiger charge is -2.10. The van der Waals surface area contributed by atoms with Gasteiger partial charge < -0.3 is 20.2 Å². The van der Waals surface area contributed by atoms with Gasteiger partial charge >= 0.3 is 0 Å². The first-order valence-corrected chi connectivity index (χ1v) is 9.06. The van der Waals surface area contributed by atoms with Crippen molar-refractivity contribution in [3.05, 3.63) is 71.4 Å². The van der Waals surface area contributed by atoms with Crippen molar-refractivity contribution >= 4 is 5.96 Å². The van der Waals surface area contributed by atoms with E-state index in [4.69, 9.17) is 4.42 Å². The van der Waals surface area contributed by atoms with E-state index in [0.717, 1.165) is 11.3 Å². The average Bonchev–Trinajstić information content (AvgIpc) is 3.16. The number of aryl methyl sites for hydroxylation is 1. The highest BCUT2D eigenvalue weighted by Gasteiger charge is 2.08. The van der Waals surface area contributed by atoms with E-state index in [1.165, 1.54) is 17.7 Å². The molecule has 7 heteroatoms. The summed E-state index contributed by atoms with van der Waals surface area (Å²) in [5, 5.41) is 15.6. The minimum Gasteiger partial charge on any atom is -0.505 e. The smallest absolute Gasteiger partial charge is 0.226 e. The third-order valence-electron chi connectivity index (χ3n) is 4.06. The molecule has 0 aliphatic carbocycles. The van der Waals surface area contributed by atoms with Crippen molar-refractivity contribution in [2.75, 3.05) is 6.54 Å². The molecule has 0 amide bonds. The Hall–Kier alpha value is -3.35. The molecule has 1 heterocycles. The van der Waals surface area contributed by atoms with Crippen molar-refractivity contribution in [1.82, 2.24) is 15.6 Å². The molecule has 0 atom stereocenters. The average molecular weight is 382 g/mol. The van der Waals surface area contributed by atoms with Gasteiger partial charge in [-0.3, -0.25) is 0 Å². The highest BCUT2D eigenvalue weighted by molar-refractivity contribution is 5.79. The molecule has 0 radical (unpaired) electrons. The zero-order chi connectivity index (χ0) is 19.9. The topological polar surface area (TPSA) is 82.7 Å². The van der Waals surface area contributed by atoms with Crippen LogP contribution in [0.3, 0.4) is 0 Å². The lowest BCUT2D eigenvalue weighted by atomic mass is 10.1. The third-order valence-corrected chi connectivity index (χ3v) is 4.06. The van der Waals surface area contributed by atoms with Crippen LogP contribution < -0.4 is 10.6 Å². The molecule has 0 fully saturated rings. The van der Waals surface area contributed by atoms with E-state index in [9.17, 15) is 9.50 Å². The van der Waals surface area contributed by atoms with Crippen molar-refractivity contribution in [1.29, 1.82) is 0 Å². The van der Waals surface area contributed by atoms with E-state index in [0.29, 0.717) is 30.5 Å².